The Morgan fingerprint density at radius 1 is 1.23 bits per heavy atom. The van der Waals surface area contributed by atoms with Crippen molar-refractivity contribution in [1.29, 1.82) is 0 Å². The van der Waals surface area contributed by atoms with Crippen molar-refractivity contribution in [1.82, 2.24) is 19.7 Å². The molecule has 0 fully saturated rings. The quantitative estimate of drug-likeness (QED) is 0.807. The molecule has 6 nitrogen and oxygen atoms in total. The fourth-order valence-electron chi connectivity index (χ4n) is 2.01. The van der Waals surface area contributed by atoms with Crippen molar-refractivity contribution in [2.24, 2.45) is 0 Å². The van der Waals surface area contributed by atoms with Crippen LogP contribution in [0.4, 0.5) is 5.69 Å². The standard InChI is InChI=1S/C15H15N5OS/c1-9-10(2)19-20(11(9)3)15-16-7-12(8-17-15)18-14(21)13-5-4-6-22-13/h4-8H,1-3H3,(H,18,21). The average Bonchev–Trinajstić information content (AvgIpc) is 3.13. The number of aryl methyl sites for hydroxylation is 1. The van der Waals surface area contributed by atoms with Gasteiger partial charge in [0.2, 0.25) is 0 Å². The van der Waals surface area contributed by atoms with E-state index in [0.29, 0.717) is 16.5 Å². The zero-order valence-corrected chi connectivity index (χ0v) is 13.3. The van der Waals surface area contributed by atoms with Crippen LogP contribution in [0.5, 0.6) is 0 Å². The van der Waals surface area contributed by atoms with Gasteiger partial charge >= 0.3 is 0 Å². The van der Waals surface area contributed by atoms with Gasteiger partial charge in [-0.3, -0.25) is 4.79 Å². The van der Waals surface area contributed by atoms with Crippen LogP contribution in [0.3, 0.4) is 0 Å². The van der Waals surface area contributed by atoms with Gasteiger partial charge in [0, 0.05) is 5.69 Å². The van der Waals surface area contributed by atoms with Gasteiger partial charge in [-0.1, -0.05) is 6.07 Å². The van der Waals surface area contributed by atoms with Crippen LogP contribution in [0.25, 0.3) is 5.95 Å². The third kappa shape index (κ3) is 2.62. The summed E-state index contributed by atoms with van der Waals surface area (Å²) in [5.74, 6) is 0.330. The lowest BCUT2D eigenvalue weighted by Gasteiger charge is -2.05. The first-order chi connectivity index (χ1) is 10.6. The van der Waals surface area contributed by atoms with Crippen molar-refractivity contribution in [3.8, 4) is 5.95 Å². The number of thiophene rings is 1. The third-order valence-electron chi connectivity index (χ3n) is 3.48. The molecule has 1 N–H and O–H groups in total. The molecule has 0 aliphatic rings. The fraction of sp³-hybridized carbons (Fsp3) is 0.200. The maximum atomic E-state index is 12.0. The summed E-state index contributed by atoms with van der Waals surface area (Å²) >= 11 is 1.39. The van der Waals surface area contributed by atoms with E-state index >= 15 is 0 Å². The van der Waals surface area contributed by atoms with Gasteiger partial charge in [0.1, 0.15) is 0 Å². The Morgan fingerprint density at radius 2 is 1.95 bits per heavy atom. The highest BCUT2D eigenvalue weighted by Gasteiger charge is 2.12. The molecule has 0 spiro atoms. The summed E-state index contributed by atoms with van der Waals surface area (Å²) in [5.41, 5.74) is 3.64. The van der Waals surface area contributed by atoms with Gasteiger partial charge in [0.15, 0.2) is 0 Å². The van der Waals surface area contributed by atoms with E-state index in [1.165, 1.54) is 11.3 Å². The molecule has 0 atom stereocenters. The molecule has 112 valence electrons. The van der Waals surface area contributed by atoms with Crippen LogP contribution in [0.15, 0.2) is 29.9 Å². The monoisotopic (exact) mass is 313 g/mol. The molecule has 0 bridgehead atoms. The Bertz CT molecular complexity index is 805. The van der Waals surface area contributed by atoms with Gasteiger partial charge in [-0.05, 0) is 37.8 Å². The van der Waals surface area contributed by atoms with Crippen LogP contribution in [0.2, 0.25) is 0 Å². The number of nitrogens with one attached hydrogen (secondary N) is 1. The van der Waals surface area contributed by atoms with Crippen molar-refractivity contribution < 1.29 is 4.79 Å². The molecule has 7 heteroatoms. The molecule has 3 aromatic rings. The molecule has 0 aromatic carbocycles. The van der Waals surface area contributed by atoms with Crippen LogP contribution in [0.1, 0.15) is 26.6 Å². The molecule has 22 heavy (non-hydrogen) atoms. The summed E-state index contributed by atoms with van der Waals surface area (Å²) in [7, 11) is 0. The van der Waals surface area contributed by atoms with E-state index in [9.17, 15) is 4.79 Å². The number of aromatic nitrogens is 4. The minimum absolute atomic E-state index is 0.159. The Kier molecular flexibility index (Phi) is 3.72. The number of carbonyl (C=O) groups is 1. The summed E-state index contributed by atoms with van der Waals surface area (Å²) in [4.78, 5) is 21.2. The molecule has 0 aliphatic heterocycles. The van der Waals surface area contributed by atoms with E-state index in [1.807, 2.05) is 32.2 Å². The molecule has 0 unspecified atom stereocenters. The van der Waals surface area contributed by atoms with E-state index in [4.69, 9.17) is 0 Å². The first-order valence-electron chi connectivity index (χ1n) is 6.76. The zero-order chi connectivity index (χ0) is 15.7. The number of hydrogen-bond acceptors (Lipinski definition) is 5. The van der Waals surface area contributed by atoms with Crippen LogP contribution < -0.4 is 5.32 Å². The Balaban J connectivity index is 1.81. The minimum Gasteiger partial charge on any atom is -0.319 e. The lowest BCUT2D eigenvalue weighted by atomic mass is 10.2. The molecule has 0 aliphatic carbocycles. The van der Waals surface area contributed by atoms with Crippen molar-refractivity contribution in [3.05, 3.63) is 51.7 Å². The summed E-state index contributed by atoms with van der Waals surface area (Å²) in [5, 5.41) is 9.05. The summed E-state index contributed by atoms with van der Waals surface area (Å²) in [6.07, 6.45) is 3.17. The van der Waals surface area contributed by atoms with Crippen molar-refractivity contribution in [3.63, 3.8) is 0 Å². The summed E-state index contributed by atoms with van der Waals surface area (Å²) in [6.45, 7) is 5.95. The van der Waals surface area contributed by atoms with E-state index in [2.05, 4.69) is 20.4 Å². The van der Waals surface area contributed by atoms with Crippen LogP contribution in [-0.2, 0) is 0 Å². The van der Waals surface area contributed by atoms with Crippen LogP contribution in [0, 0.1) is 20.8 Å². The highest BCUT2D eigenvalue weighted by atomic mass is 32.1. The molecule has 0 radical (unpaired) electrons. The van der Waals surface area contributed by atoms with Gasteiger partial charge < -0.3 is 5.32 Å². The van der Waals surface area contributed by atoms with Crippen molar-refractivity contribution in [2.45, 2.75) is 20.8 Å². The maximum Gasteiger partial charge on any atom is 0.265 e. The molecule has 3 aromatic heterocycles. The molecule has 3 rings (SSSR count). The molecule has 0 saturated carbocycles. The Hall–Kier alpha value is -2.54. The van der Waals surface area contributed by atoms with Gasteiger partial charge in [-0.2, -0.15) is 5.10 Å². The lowest BCUT2D eigenvalue weighted by Crippen LogP contribution is -2.12. The number of rotatable bonds is 3. The smallest absolute Gasteiger partial charge is 0.265 e. The van der Waals surface area contributed by atoms with Crippen LogP contribution >= 0.6 is 11.3 Å². The van der Waals surface area contributed by atoms with E-state index < -0.39 is 0 Å². The topological polar surface area (TPSA) is 72.7 Å². The van der Waals surface area contributed by atoms with Gasteiger partial charge in [0.05, 0.1) is 28.7 Å². The Morgan fingerprint density at radius 3 is 2.50 bits per heavy atom. The first kappa shape index (κ1) is 14.4. The van der Waals surface area contributed by atoms with Crippen molar-refractivity contribution in [2.75, 3.05) is 5.32 Å². The molecule has 3 heterocycles. The van der Waals surface area contributed by atoms with Crippen LogP contribution in [-0.4, -0.2) is 25.7 Å². The number of hydrogen-bond donors (Lipinski definition) is 1. The third-order valence-corrected chi connectivity index (χ3v) is 4.35. The van der Waals surface area contributed by atoms with E-state index in [1.54, 1.807) is 23.1 Å². The summed E-state index contributed by atoms with van der Waals surface area (Å²) in [6, 6.07) is 3.61. The van der Waals surface area contributed by atoms with Gasteiger partial charge in [0.25, 0.3) is 11.9 Å². The predicted octanol–water partition coefficient (Wildman–Crippen LogP) is 2.90. The maximum absolute atomic E-state index is 12.0. The normalized spacial score (nSPS) is 10.7. The second-order valence-electron chi connectivity index (χ2n) is 4.91. The second-order valence-corrected chi connectivity index (χ2v) is 5.86. The van der Waals surface area contributed by atoms with Crippen molar-refractivity contribution >= 4 is 22.9 Å². The lowest BCUT2D eigenvalue weighted by molar-refractivity contribution is 0.103. The average molecular weight is 313 g/mol. The second kappa shape index (κ2) is 5.69. The number of carbonyl (C=O) groups excluding carboxylic acids is 1. The fourth-order valence-corrected chi connectivity index (χ4v) is 2.63. The van der Waals surface area contributed by atoms with E-state index in [0.717, 1.165) is 17.0 Å². The predicted molar refractivity (Wildman–Crippen MR) is 85.6 cm³/mol. The number of amides is 1. The van der Waals surface area contributed by atoms with E-state index in [-0.39, 0.29) is 5.91 Å². The summed E-state index contributed by atoms with van der Waals surface area (Å²) < 4.78 is 1.70. The molecule has 0 saturated heterocycles. The largest absolute Gasteiger partial charge is 0.319 e. The van der Waals surface area contributed by atoms with Gasteiger partial charge in [-0.15, -0.1) is 11.3 Å². The SMILES string of the molecule is Cc1nn(-c2ncc(NC(=O)c3cccs3)cn2)c(C)c1C. The number of nitrogens with zero attached hydrogens (tertiary/aromatic N) is 4. The minimum atomic E-state index is -0.159. The molecule has 1 amide bonds. The zero-order valence-electron chi connectivity index (χ0n) is 12.5. The highest BCUT2D eigenvalue weighted by molar-refractivity contribution is 7.12. The first-order valence-corrected chi connectivity index (χ1v) is 7.64. The van der Waals surface area contributed by atoms with Gasteiger partial charge in [-0.25, -0.2) is 14.6 Å². The molecular weight excluding hydrogens is 298 g/mol. The number of anilines is 1. The highest BCUT2D eigenvalue weighted by Crippen LogP contribution is 2.16. The molecular formula is C15H15N5OS. The Labute approximate surface area is 131 Å².